The van der Waals surface area contributed by atoms with Crippen LogP contribution in [0.1, 0.15) is 27.8 Å². The summed E-state index contributed by atoms with van der Waals surface area (Å²) in [6.45, 7) is 0. The molecule has 2 N–H and O–H groups in total. The Bertz CT molecular complexity index is 952. The highest BCUT2D eigenvalue weighted by molar-refractivity contribution is 5.52. The van der Waals surface area contributed by atoms with E-state index in [4.69, 9.17) is 5.73 Å². The third-order valence-corrected chi connectivity index (χ3v) is 5.14. The Morgan fingerprint density at radius 2 is 0.963 bits per heavy atom. The minimum absolute atomic E-state index is 0.701. The first kappa shape index (κ1) is 17.3. The van der Waals surface area contributed by atoms with Crippen molar-refractivity contribution < 1.29 is 0 Å². The van der Waals surface area contributed by atoms with Gasteiger partial charge in [-0.2, -0.15) is 0 Å². The van der Waals surface area contributed by atoms with E-state index >= 15 is 0 Å². The van der Waals surface area contributed by atoms with Gasteiger partial charge < -0.3 is 5.73 Å². The fourth-order valence-electron chi connectivity index (χ4n) is 3.75. The van der Waals surface area contributed by atoms with Crippen LogP contribution in [-0.4, -0.2) is 0 Å². The molecule has 0 aromatic heterocycles. The molecule has 0 unspecified atom stereocenters. The highest BCUT2D eigenvalue weighted by Gasteiger charge is 2.33. The van der Waals surface area contributed by atoms with Gasteiger partial charge in [0.05, 0.1) is 5.54 Å². The molecule has 27 heavy (non-hydrogen) atoms. The number of hydrogen-bond donors (Lipinski definition) is 1. The van der Waals surface area contributed by atoms with Gasteiger partial charge in [-0.25, -0.2) is 0 Å². The van der Waals surface area contributed by atoms with Gasteiger partial charge in [-0.1, -0.05) is 115 Å². The molecule has 0 bridgehead atoms. The Balaban J connectivity index is 1.90. The van der Waals surface area contributed by atoms with Crippen LogP contribution in [0.2, 0.25) is 0 Å². The second-order valence-electron chi connectivity index (χ2n) is 6.86. The van der Waals surface area contributed by atoms with Crippen molar-refractivity contribution in [3.63, 3.8) is 0 Å². The van der Waals surface area contributed by atoms with Crippen LogP contribution in [0.5, 0.6) is 0 Å². The molecule has 1 nitrogen and oxygen atoms in total. The van der Waals surface area contributed by atoms with Crippen LogP contribution in [0.15, 0.2) is 115 Å². The zero-order valence-electron chi connectivity index (χ0n) is 15.3. The highest BCUT2D eigenvalue weighted by Crippen LogP contribution is 2.36. The van der Waals surface area contributed by atoms with Gasteiger partial charge in [-0.3, -0.25) is 0 Å². The fraction of sp³-hybridized carbons (Fsp3) is 0.0769. The molecule has 0 aliphatic carbocycles. The second kappa shape index (κ2) is 7.61. The maximum Gasteiger partial charge on any atom is 0.0925 e. The normalized spacial score (nSPS) is 11.3. The summed E-state index contributed by atoms with van der Waals surface area (Å²) in [6, 6.07) is 39.8. The lowest BCUT2D eigenvalue weighted by molar-refractivity contribution is 0.645. The maximum absolute atomic E-state index is 7.22. The van der Waals surface area contributed by atoms with Gasteiger partial charge in [-0.05, 0) is 34.2 Å². The molecule has 0 atom stereocenters. The quantitative estimate of drug-likeness (QED) is 0.471. The van der Waals surface area contributed by atoms with Crippen molar-refractivity contribution in [2.75, 3.05) is 0 Å². The van der Waals surface area contributed by atoms with Gasteiger partial charge in [0.25, 0.3) is 0 Å². The third kappa shape index (κ3) is 3.42. The second-order valence-corrected chi connectivity index (χ2v) is 6.86. The summed E-state index contributed by atoms with van der Waals surface area (Å²) in [5.41, 5.74) is 12.4. The van der Waals surface area contributed by atoms with E-state index in [-0.39, 0.29) is 0 Å². The Hall–Kier alpha value is -3.16. The summed E-state index contributed by atoms with van der Waals surface area (Å²) in [6.07, 6.45) is 0.857. The van der Waals surface area contributed by atoms with Gasteiger partial charge in [0, 0.05) is 0 Å². The van der Waals surface area contributed by atoms with Crippen molar-refractivity contribution in [2.24, 2.45) is 5.73 Å². The largest absolute Gasteiger partial charge is 0.314 e. The molecule has 0 saturated heterocycles. The van der Waals surface area contributed by atoms with Gasteiger partial charge in [-0.15, -0.1) is 0 Å². The van der Waals surface area contributed by atoms with Crippen LogP contribution in [0.25, 0.3) is 0 Å². The lowest BCUT2D eigenvalue weighted by Gasteiger charge is -2.33. The Labute approximate surface area is 161 Å². The van der Waals surface area contributed by atoms with Crippen molar-refractivity contribution in [2.45, 2.75) is 12.0 Å². The number of benzene rings is 4. The van der Waals surface area contributed by atoms with E-state index in [9.17, 15) is 0 Å². The molecule has 0 saturated carbocycles. The topological polar surface area (TPSA) is 26.0 Å². The van der Waals surface area contributed by atoms with Crippen molar-refractivity contribution in [1.82, 2.24) is 0 Å². The monoisotopic (exact) mass is 349 g/mol. The van der Waals surface area contributed by atoms with Crippen LogP contribution in [0.3, 0.4) is 0 Å². The predicted molar refractivity (Wildman–Crippen MR) is 113 cm³/mol. The zero-order chi connectivity index (χ0) is 18.5. The van der Waals surface area contributed by atoms with Crippen LogP contribution < -0.4 is 5.73 Å². The van der Waals surface area contributed by atoms with Gasteiger partial charge in [0.2, 0.25) is 0 Å². The molecule has 1 heteroatoms. The molecular weight excluding hydrogens is 326 g/mol. The van der Waals surface area contributed by atoms with E-state index in [0.717, 1.165) is 23.1 Å². The van der Waals surface area contributed by atoms with Crippen molar-refractivity contribution >= 4 is 0 Å². The molecule has 0 aliphatic heterocycles. The van der Waals surface area contributed by atoms with Crippen LogP contribution in [-0.2, 0) is 12.0 Å². The van der Waals surface area contributed by atoms with Crippen molar-refractivity contribution in [3.8, 4) is 0 Å². The summed E-state index contributed by atoms with van der Waals surface area (Å²) in [7, 11) is 0. The molecule has 0 heterocycles. The number of hydrogen-bond acceptors (Lipinski definition) is 1. The molecule has 4 aromatic carbocycles. The number of nitrogens with two attached hydrogens (primary N) is 1. The van der Waals surface area contributed by atoms with E-state index in [0.29, 0.717) is 0 Å². The first-order chi connectivity index (χ1) is 13.3. The molecule has 4 rings (SSSR count). The number of rotatable bonds is 5. The Kier molecular flexibility index (Phi) is 4.86. The fourth-order valence-corrected chi connectivity index (χ4v) is 3.75. The summed E-state index contributed by atoms with van der Waals surface area (Å²) in [5, 5.41) is 0. The highest BCUT2D eigenvalue weighted by atomic mass is 14.8. The average Bonchev–Trinajstić information content (AvgIpc) is 2.75. The van der Waals surface area contributed by atoms with E-state index in [2.05, 4.69) is 103 Å². The Morgan fingerprint density at radius 1 is 0.519 bits per heavy atom. The summed E-state index contributed by atoms with van der Waals surface area (Å²) < 4.78 is 0. The molecule has 0 spiro atoms. The Morgan fingerprint density at radius 3 is 1.52 bits per heavy atom. The minimum Gasteiger partial charge on any atom is -0.314 e. The van der Waals surface area contributed by atoms with Crippen LogP contribution in [0.4, 0.5) is 0 Å². The summed E-state index contributed by atoms with van der Waals surface area (Å²) in [5.74, 6) is 0. The lowest BCUT2D eigenvalue weighted by Crippen LogP contribution is -2.40. The van der Waals surface area contributed by atoms with Crippen molar-refractivity contribution in [3.05, 3.63) is 143 Å². The summed E-state index contributed by atoms with van der Waals surface area (Å²) >= 11 is 0. The van der Waals surface area contributed by atoms with Crippen molar-refractivity contribution in [1.29, 1.82) is 0 Å². The first-order valence-corrected chi connectivity index (χ1v) is 9.31. The van der Waals surface area contributed by atoms with E-state index in [1.165, 1.54) is 11.1 Å². The molecule has 132 valence electrons. The van der Waals surface area contributed by atoms with E-state index in [1.807, 2.05) is 12.1 Å². The molecule has 0 radical (unpaired) electrons. The molecule has 0 fully saturated rings. The van der Waals surface area contributed by atoms with Crippen LogP contribution >= 0.6 is 0 Å². The van der Waals surface area contributed by atoms with Gasteiger partial charge in [0.15, 0.2) is 0 Å². The standard InChI is InChI=1S/C26H23N/c27-26(23-15-6-2-7-16-23,24-17-8-3-9-18-24)25-19-11-10-14-22(25)20-21-12-4-1-5-13-21/h1-19H,20,27H2. The predicted octanol–water partition coefficient (Wildman–Crippen LogP) is 5.53. The minimum atomic E-state index is -0.701. The van der Waals surface area contributed by atoms with Gasteiger partial charge in [0.1, 0.15) is 0 Å². The van der Waals surface area contributed by atoms with Gasteiger partial charge >= 0.3 is 0 Å². The smallest absolute Gasteiger partial charge is 0.0925 e. The van der Waals surface area contributed by atoms with Crippen LogP contribution in [0, 0.1) is 0 Å². The van der Waals surface area contributed by atoms with E-state index in [1.54, 1.807) is 0 Å². The maximum atomic E-state index is 7.22. The summed E-state index contributed by atoms with van der Waals surface area (Å²) in [4.78, 5) is 0. The van der Waals surface area contributed by atoms with E-state index < -0.39 is 5.54 Å². The third-order valence-electron chi connectivity index (χ3n) is 5.14. The molecule has 4 aromatic rings. The molecular formula is C26H23N. The SMILES string of the molecule is NC(c1ccccc1)(c1ccccc1)c1ccccc1Cc1ccccc1. The average molecular weight is 349 g/mol. The molecule has 0 amide bonds. The first-order valence-electron chi connectivity index (χ1n) is 9.31. The lowest BCUT2D eigenvalue weighted by atomic mass is 9.75. The molecule has 0 aliphatic rings. The zero-order valence-corrected chi connectivity index (χ0v) is 15.3.